The summed E-state index contributed by atoms with van der Waals surface area (Å²) < 4.78 is 1.60. The second-order valence-corrected chi connectivity index (χ2v) is 5.88. The minimum Gasteiger partial charge on any atom is -0.324 e. The van der Waals surface area contributed by atoms with Gasteiger partial charge in [-0.1, -0.05) is 12.1 Å². The number of carbonyl (C=O) groups excluding carboxylic acids is 1. The minimum absolute atomic E-state index is 0. The largest absolute Gasteiger partial charge is 0.324 e. The Morgan fingerprint density at radius 3 is 2.87 bits per heavy atom. The Kier molecular flexibility index (Phi) is 5.33. The molecular weight excluding hydrogens is 316 g/mol. The summed E-state index contributed by atoms with van der Waals surface area (Å²) in [6.45, 7) is 2.84. The summed E-state index contributed by atoms with van der Waals surface area (Å²) in [5.41, 5.74) is 1.12. The first-order valence-electron chi connectivity index (χ1n) is 7.48. The molecule has 0 radical (unpaired) electrons. The fourth-order valence-electron chi connectivity index (χ4n) is 2.73. The molecule has 3 rings (SSSR count). The van der Waals surface area contributed by atoms with Crippen molar-refractivity contribution >= 4 is 24.0 Å². The van der Waals surface area contributed by atoms with Crippen molar-refractivity contribution in [2.24, 2.45) is 7.05 Å². The smallest absolute Gasteiger partial charge is 0.244 e. The molecule has 23 heavy (non-hydrogen) atoms. The molecular formula is C15H21ClN6O. The van der Waals surface area contributed by atoms with Crippen LogP contribution in [0.4, 0.5) is 5.69 Å². The molecule has 2 aromatic rings. The molecule has 1 unspecified atom stereocenters. The first kappa shape index (κ1) is 17.4. The number of benzene rings is 1. The maximum atomic E-state index is 12.5. The van der Waals surface area contributed by atoms with Gasteiger partial charge in [-0.15, -0.1) is 17.5 Å². The standard InChI is InChI=1S/C15H20N6O.ClH/c1-15(8-3-4-9-16-15)14(22)17-12-7-5-6-11(10-12)13-18-19-20-21(13)2;/h5-7,10,16H,3-4,8-9H2,1-2H3,(H,17,22);1H. The molecule has 8 heteroatoms. The van der Waals surface area contributed by atoms with Gasteiger partial charge in [0.15, 0.2) is 5.82 Å². The number of nitrogens with one attached hydrogen (secondary N) is 2. The SMILES string of the molecule is Cl.Cn1nnnc1-c1cccc(NC(=O)C2(C)CCCCN2)c1. The van der Waals surface area contributed by atoms with E-state index >= 15 is 0 Å². The van der Waals surface area contributed by atoms with Crippen LogP contribution in [0, 0.1) is 0 Å². The Labute approximate surface area is 141 Å². The monoisotopic (exact) mass is 336 g/mol. The lowest BCUT2D eigenvalue weighted by molar-refractivity contribution is -0.122. The molecule has 1 aromatic heterocycles. The fraction of sp³-hybridized carbons (Fsp3) is 0.467. The Morgan fingerprint density at radius 1 is 1.39 bits per heavy atom. The van der Waals surface area contributed by atoms with Crippen LogP contribution in [-0.4, -0.2) is 38.2 Å². The van der Waals surface area contributed by atoms with E-state index in [2.05, 4.69) is 26.2 Å². The zero-order valence-corrected chi connectivity index (χ0v) is 14.1. The Morgan fingerprint density at radius 2 is 2.22 bits per heavy atom. The highest BCUT2D eigenvalue weighted by Gasteiger charge is 2.34. The maximum Gasteiger partial charge on any atom is 0.244 e. The van der Waals surface area contributed by atoms with Crippen molar-refractivity contribution in [3.05, 3.63) is 24.3 Å². The van der Waals surface area contributed by atoms with Crippen molar-refractivity contribution in [3.8, 4) is 11.4 Å². The lowest BCUT2D eigenvalue weighted by Crippen LogP contribution is -2.54. The number of nitrogens with zero attached hydrogens (tertiary/aromatic N) is 4. The van der Waals surface area contributed by atoms with Crippen LogP contribution < -0.4 is 10.6 Å². The second kappa shape index (κ2) is 7.06. The number of hydrogen-bond acceptors (Lipinski definition) is 5. The van der Waals surface area contributed by atoms with Gasteiger partial charge in [0.2, 0.25) is 5.91 Å². The third kappa shape index (κ3) is 3.68. The summed E-state index contributed by atoms with van der Waals surface area (Å²) >= 11 is 0. The molecule has 1 aromatic carbocycles. The third-order valence-corrected chi connectivity index (χ3v) is 4.12. The average molecular weight is 337 g/mol. The first-order chi connectivity index (χ1) is 10.6. The number of hydrogen-bond donors (Lipinski definition) is 2. The molecule has 2 heterocycles. The first-order valence-corrected chi connectivity index (χ1v) is 7.48. The number of carbonyl (C=O) groups is 1. The van der Waals surface area contributed by atoms with Gasteiger partial charge in [0.05, 0.1) is 5.54 Å². The summed E-state index contributed by atoms with van der Waals surface area (Å²) in [7, 11) is 1.79. The molecule has 1 saturated heterocycles. The summed E-state index contributed by atoms with van der Waals surface area (Å²) in [5.74, 6) is 0.665. The van der Waals surface area contributed by atoms with Crippen molar-refractivity contribution in [1.29, 1.82) is 0 Å². The molecule has 1 amide bonds. The van der Waals surface area contributed by atoms with Gasteiger partial charge in [-0.3, -0.25) is 4.79 Å². The molecule has 124 valence electrons. The van der Waals surface area contributed by atoms with E-state index in [1.165, 1.54) is 0 Å². The van der Waals surface area contributed by atoms with Gasteiger partial charge in [-0.05, 0) is 55.3 Å². The fourth-order valence-corrected chi connectivity index (χ4v) is 2.73. The number of anilines is 1. The van der Waals surface area contributed by atoms with Crippen LogP contribution in [0.15, 0.2) is 24.3 Å². The number of halogens is 1. The van der Waals surface area contributed by atoms with E-state index in [4.69, 9.17) is 0 Å². The van der Waals surface area contributed by atoms with Crippen molar-refractivity contribution in [2.45, 2.75) is 31.7 Å². The minimum atomic E-state index is -0.499. The number of tetrazole rings is 1. The topological polar surface area (TPSA) is 84.7 Å². The zero-order valence-electron chi connectivity index (χ0n) is 13.2. The van der Waals surface area contributed by atoms with Gasteiger partial charge in [-0.2, -0.15) is 0 Å². The molecule has 2 N–H and O–H groups in total. The van der Waals surface area contributed by atoms with E-state index in [1.807, 2.05) is 31.2 Å². The van der Waals surface area contributed by atoms with Gasteiger partial charge >= 0.3 is 0 Å². The van der Waals surface area contributed by atoms with Gasteiger partial charge in [0.1, 0.15) is 0 Å². The molecule has 0 bridgehead atoms. The van der Waals surface area contributed by atoms with Crippen LogP contribution in [0.5, 0.6) is 0 Å². The summed E-state index contributed by atoms with van der Waals surface area (Å²) in [5, 5.41) is 17.8. The third-order valence-electron chi connectivity index (χ3n) is 4.12. The summed E-state index contributed by atoms with van der Waals surface area (Å²) in [4.78, 5) is 12.5. The predicted molar refractivity (Wildman–Crippen MR) is 90.4 cm³/mol. The normalized spacial score (nSPS) is 20.6. The zero-order chi connectivity index (χ0) is 15.6. The van der Waals surface area contributed by atoms with E-state index in [9.17, 15) is 4.79 Å². The molecule has 7 nitrogen and oxygen atoms in total. The van der Waals surface area contributed by atoms with Gasteiger partial charge < -0.3 is 10.6 Å². The number of aryl methyl sites for hydroxylation is 1. The van der Waals surface area contributed by atoms with E-state index in [-0.39, 0.29) is 18.3 Å². The van der Waals surface area contributed by atoms with E-state index in [0.717, 1.165) is 37.1 Å². The van der Waals surface area contributed by atoms with Crippen LogP contribution >= 0.6 is 12.4 Å². The molecule has 0 saturated carbocycles. The number of rotatable bonds is 3. The molecule has 0 spiro atoms. The van der Waals surface area contributed by atoms with Crippen molar-refractivity contribution in [2.75, 3.05) is 11.9 Å². The van der Waals surface area contributed by atoms with Crippen LogP contribution in [0.25, 0.3) is 11.4 Å². The highest BCUT2D eigenvalue weighted by molar-refractivity contribution is 5.98. The van der Waals surface area contributed by atoms with Crippen LogP contribution in [0.1, 0.15) is 26.2 Å². The summed E-state index contributed by atoms with van der Waals surface area (Å²) in [6, 6.07) is 7.56. The van der Waals surface area contributed by atoms with Crippen LogP contribution in [0.2, 0.25) is 0 Å². The number of piperidine rings is 1. The van der Waals surface area contributed by atoms with Crippen LogP contribution in [-0.2, 0) is 11.8 Å². The average Bonchev–Trinajstić information content (AvgIpc) is 2.94. The van der Waals surface area contributed by atoms with Crippen molar-refractivity contribution in [3.63, 3.8) is 0 Å². The van der Waals surface area contributed by atoms with Gasteiger partial charge in [0.25, 0.3) is 0 Å². The lowest BCUT2D eigenvalue weighted by Gasteiger charge is -2.33. The van der Waals surface area contributed by atoms with Crippen molar-refractivity contribution < 1.29 is 4.79 Å². The molecule has 1 aliphatic rings. The number of aromatic nitrogens is 4. The molecule has 1 fully saturated rings. The summed E-state index contributed by atoms with van der Waals surface area (Å²) in [6.07, 6.45) is 3.05. The predicted octanol–water partition coefficient (Wildman–Crippen LogP) is 1.77. The van der Waals surface area contributed by atoms with E-state index < -0.39 is 5.54 Å². The molecule has 0 aliphatic carbocycles. The Hall–Kier alpha value is -1.99. The van der Waals surface area contributed by atoms with Gasteiger partial charge in [-0.25, -0.2) is 4.68 Å². The van der Waals surface area contributed by atoms with Crippen molar-refractivity contribution in [1.82, 2.24) is 25.5 Å². The number of amides is 1. The quantitative estimate of drug-likeness (QED) is 0.892. The highest BCUT2D eigenvalue weighted by atomic mass is 35.5. The maximum absolute atomic E-state index is 12.5. The Balaban J connectivity index is 0.00000192. The molecule has 1 atom stereocenters. The van der Waals surface area contributed by atoms with Gasteiger partial charge in [0, 0.05) is 18.3 Å². The lowest BCUT2D eigenvalue weighted by atomic mass is 9.90. The highest BCUT2D eigenvalue weighted by Crippen LogP contribution is 2.23. The van der Waals surface area contributed by atoms with E-state index in [1.54, 1.807) is 11.7 Å². The Bertz CT molecular complexity index is 680. The second-order valence-electron chi connectivity index (χ2n) is 5.88. The van der Waals surface area contributed by atoms with E-state index in [0.29, 0.717) is 5.82 Å². The van der Waals surface area contributed by atoms with Crippen LogP contribution in [0.3, 0.4) is 0 Å². The molecule has 1 aliphatic heterocycles.